The topological polar surface area (TPSA) is 130 Å². The van der Waals surface area contributed by atoms with Crippen molar-refractivity contribution in [3.05, 3.63) is 41.3 Å². The smallest absolute Gasteiger partial charge is 0.347 e. The van der Waals surface area contributed by atoms with Crippen LogP contribution in [0.15, 0.2) is 29.2 Å². The highest BCUT2D eigenvalue weighted by molar-refractivity contribution is 7.92. The number of alkyl halides is 3. The number of rotatable bonds is 10. The molecule has 2 amide bonds. The van der Waals surface area contributed by atoms with Gasteiger partial charge in [-0.3, -0.25) is 19.3 Å². The molecule has 1 aromatic heterocycles. The number of nitrogens with zero attached hydrogens (tertiary/aromatic N) is 3. The zero-order chi connectivity index (χ0) is 31.3. The molecule has 3 aliphatic rings. The van der Waals surface area contributed by atoms with Gasteiger partial charge in [0.25, 0.3) is 5.91 Å². The normalized spacial score (nSPS) is 21.7. The third-order valence-electron chi connectivity index (χ3n) is 8.26. The Morgan fingerprint density at radius 2 is 1.86 bits per heavy atom. The Hall–Kier alpha value is -3.33. The SMILES string of the molecule is CC[C@@H](C(=O)C(=O)NC1CC1)N(C(=O)[C@@H]1C[C@@H](S(=O)(=O)c2ccc(F)cc2C(F)(F)F)CN1)c1cc(C)nn1C1CCC1. The molecule has 2 N–H and O–H groups in total. The van der Waals surface area contributed by atoms with E-state index < -0.39 is 73.6 Å². The maximum absolute atomic E-state index is 14.2. The van der Waals surface area contributed by atoms with Crippen LogP contribution in [-0.2, 0) is 30.4 Å². The predicted octanol–water partition coefficient (Wildman–Crippen LogP) is 3.24. The van der Waals surface area contributed by atoms with Crippen LogP contribution in [0.1, 0.15) is 69.2 Å². The number of hydrogen-bond donors (Lipinski definition) is 2. The van der Waals surface area contributed by atoms with Gasteiger partial charge in [0, 0.05) is 18.7 Å². The van der Waals surface area contributed by atoms with Gasteiger partial charge in [0.2, 0.25) is 11.7 Å². The summed E-state index contributed by atoms with van der Waals surface area (Å²) in [5.74, 6) is -3.30. The lowest BCUT2D eigenvalue weighted by Gasteiger charge is -2.35. The van der Waals surface area contributed by atoms with Crippen LogP contribution in [0, 0.1) is 12.7 Å². The van der Waals surface area contributed by atoms with Crippen LogP contribution < -0.4 is 15.5 Å². The number of aromatic nitrogens is 2. The number of sulfone groups is 1. The number of carbonyl (C=O) groups is 3. The number of anilines is 1. The molecule has 2 aliphatic carbocycles. The first kappa shape index (κ1) is 31.1. The van der Waals surface area contributed by atoms with Crippen LogP contribution in [0.3, 0.4) is 0 Å². The van der Waals surface area contributed by atoms with Crippen molar-refractivity contribution in [2.75, 3.05) is 11.4 Å². The summed E-state index contributed by atoms with van der Waals surface area (Å²) in [5.41, 5.74) is -1.05. The van der Waals surface area contributed by atoms with Crippen molar-refractivity contribution in [1.82, 2.24) is 20.4 Å². The minimum absolute atomic E-state index is 0.0316. The van der Waals surface area contributed by atoms with E-state index in [1.54, 1.807) is 24.6 Å². The van der Waals surface area contributed by atoms with Gasteiger partial charge in [-0.2, -0.15) is 18.3 Å². The molecule has 0 unspecified atom stereocenters. The molecule has 1 saturated heterocycles. The highest BCUT2D eigenvalue weighted by Crippen LogP contribution is 2.39. The largest absolute Gasteiger partial charge is 0.417 e. The van der Waals surface area contributed by atoms with Gasteiger partial charge in [-0.15, -0.1) is 0 Å². The number of benzene rings is 1. The number of carbonyl (C=O) groups excluding carboxylic acids is 3. The maximum atomic E-state index is 14.2. The summed E-state index contributed by atoms with van der Waals surface area (Å²) < 4.78 is 83.1. The van der Waals surface area contributed by atoms with Gasteiger partial charge < -0.3 is 10.6 Å². The molecule has 3 atom stereocenters. The van der Waals surface area contributed by atoms with Gasteiger partial charge in [0.15, 0.2) is 9.84 Å². The summed E-state index contributed by atoms with van der Waals surface area (Å²) in [6.45, 7) is 3.02. The molecule has 10 nitrogen and oxygen atoms in total. The average Bonchev–Trinajstić information content (AvgIpc) is 3.43. The third kappa shape index (κ3) is 6.19. The molecule has 43 heavy (non-hydrogen) atoms. The fourth-order valence-electron chi connectivity index (χ4n) is 5.58. The van der Waals surface area contributed by atoms with E-state index in [1.807, 2.05) is 0 Å². The highest BCUT2D eigenvalue weighted by Gasteiger charge is 2.46. The number of halogens is 4. The average molecular weight is 628 g/mol. The number of aryl methyl sites for hydroxylation is 1. The number of ketones is 1. The zero-order valence-corrected chi connectivity index (χ0v) is 24.5. The molecule has 3 fully saturated rings. The van der Waals surface area contributed by atoms with Gasteiger partial charge in [0.1, 0.15) is 17.7 Å². The van der Waals surface area contributed by atoms with E-state index in [9.17, 15) is 40.4 Å². The van der Waals surface area contributed by atoms with Crippen LogP contribution >= 0.6 is 0 Å². The van der Waals surface area contributed by atoms with Gasteiger partial charge in [0.05, 0.1) is 33.5 Å². The van der Waals surface area contributed by atoms with Crippen molar-refractivity contribution in [2.45, 2.75) is 99.3 Å². The summed E-state index contributed by atoms with van der Waals surface area (Å²) in [4.78, 5) is 40.5. The Morgan fingerprint density at radius 1 is 1.16 bits per heavy atom. The van der Waals surface area contributed by atoms with E-state index >= 15 is 0 Å². The Bertz CT molecular complexity index is 1530. The molecule has 2 saturated carbocycles. The second kappa shape index (κ2) is 11.6. The fraction of sp³-hybridized carbons (Fsp3) is 0.571. The molecule has 15 heteroatoms. The standard InChI is InChI=1S/C28H33F4N5O5S/c1-3-22(25(38)26(39)34-17-8-9-17)36(24-11-15(2)35-37(24)18-5-4-6-18)27(40)21-13-19(14-33-21)43(41,42)23-10-7-16(29)12-20(23)28(30,31)32/h7,10-12,17-19,21-22,33H,3-6,8-9,13-14H2,1-2H3,(H,34,39)/t19-,21+,22+/m1/s1. The molecule has 2 aromatic rings. The monoisotopic (exact) mass is 627 g/mol. The van der Waals surface area contributed by atoms with Crippen LogP contribution in [-0.4, -0.2) is 65.7 Å². The van der Waals surface area contributed by atoms with Crippen molar-refractivity contribution in [2.24, 2.45) is 0 Å². The minimum Gasteiger partial charge on any atom is -0.347 e. The van der Waals surface area contributed by atoms with Crippen LogP contribution in [0.4, 0.5) is 23.4 Å². The van der Waals surface area contributed by atoms with Crippen molar-refractivity contribution in [3.63, 3.8) is 0 Å². The van der Waals surface area contributed by atoms with Crippen molar-refractivity contribution in [1.29, 1.82) is 0 Å². The van der Waals surface area contributed by atoms with Crippen LogP contribution in [0.25, 0.3) is 0 Å². The lowest BCUT2D eigenvalue weighted by atomic mass is 9.93. The first-order valence-corrected chi connectivity index (χ1v) is 15.8. The molecule has 1 aliphatic heterocycles. The van der Waals surface area contributed by atoms with Crippen molar-refractivity contribution < 1.29 is 40.4 Å². The van der Waals surface area contributed by atoms with Crippen molar-refractivity contribution >= 4 is 33.3 Å². The summed E-state index contributed by atoms with van der Waals surface area (Å²) in [7, 11) is -4.67. The molecule has 234 valence electrons. The fourth-order valence-corrected chi connectivity index (χ4v) is 7.44. The van der Waals surface area contributed by atoms with E-state index in [4.69, 9.17) is 0 Å². The summed E-state index contributed by atoms with van der Waals surface area (Å²) in [5, 5.41) is 8.55. The summed E-state index contributed by atoms with van der Waals surface area (Å²) >= 11 is 0. The van der Waals surface area contributed by atoms with E-state index in [0.717, 1.165) is 32.1 Å². The van der Waals surface area contributed by atoms with Gasteiger partial charge >= 0.3 is 6.18 Å². The molecule has 0 spiro atoms. The molecule has 1 aromatic carbocycles. The molecule has 2 heterocycles. The van der Waals surface area contributed by atoms with Crippen molar-refractivity contribution in [3.8, 4) is 0 Å². The Morgan fingerprint density at radius 3 is 2.44 bits per heavy atom. The lowest BCUT2D eigenvalue weighted by molar-refractivity contribution is -0.140. The van der Waals surface area contributed by atoms with Crippen LogP contribution in [0.2, 0.25) is 0 Å². The Balaban J connectivity index is 1.47. The Kier molecular flexibility index (Phi) is 8.42. The predicted molar refractivity (Wildman–Crippen MR) is 146 cm³/mol. The molecular formula is C28H33F4N5O5S. The van der Waals surface area contributed by atoms with E-state index in [1.165, 1.54) is 4.90 Å². The second-order valence-electron chi connectivity index (χ2n) is 11.4. The number of nitrogens with one attached hydrogen (secondary N) is 2. The minimum atomic E-state index is -5.13. The first-order chi connectivity index (χ1) is 20.2. The number of Topliss-reactive ketones (excluding diaryl/α,β-unsaturated/α-hetero) is 1. The van der Waals surface area contributed by atoms with E-state index in [0.29, 0.717) is 17.8 Å². The molecule has 5 rings (SSSR count). The van der Waals surface area contributed by atoms with Gasteiger partial charge in [-0.1, -0.05) is 6.92 Å². The first-order valence-electron chi connectivity index (χ1n) is 14.3. The van der Waals surface area contributed by atoms with Gasteiger partial charge in [-0.25, -0.2) is 17.5 Å². The van der Waals surface area contributed by atoms with E-state index in [-0.39, 0.29) is 36.9 Å². The number of amides is 2. The Labute approximate surface area is 246 Å². The zero-order valence-electron chi connectivity index (χ0n) is 23.7. The lowest BCUT2D eigenvalue weighted by Crippen LogP contribution is -2.55. The van der Waals surface area contributed by atoms with Crippen LogP contribution in [0.5, 0.6) is 0 Å². The third-order valence-corrected chi connectivity index (χ3v) is 10.5. The number of hydrogen-bond acceptors (Lipinski definition) is 7. The maximum Gasteiger partial charge on any atom is 0.417 e. The highest BCUT2D eigenvalue weighted by atomic mass is 32.2. The van der Waals surface area contributed by atoms with E-state index in [2.05, 4.69) is 15.7 Å². The second-order valence-corrected chi connectivity index (χ2v) is 13.6. The summed E-state index contributed by atoms with van der Waals surface area (Å²) in [6.07, 6.45) is -1.43. The summed E-state index contributed by atoms with van der Waals surface area (Å²) in [6, 6.07) is 0.422. The quantitative estimate of drug-likeness (QED) is 0.235. The molecule has 0 bridgehead atoms. The molecule has 0 radical (unpaired) electrons. The molecular weight excluding hydrogens is 594 g/mol. The van der Waals surface area contributed by atoms with Gasteiger partial charge in [-0.05, 0) is 70.1 Å².